The zero-order valence-corrected chi connectivity index (χ0v) is 12.8. The van der Waals surface area contributed by atoms with Crippen LogP contribution in [0.25, 0.3) is 11.0 Å². The van der Waals surface area contributed by atoms with Crippen LogP contribution in [0.15, 0.2) is 52.0 Å². The van der Waals surface area contributed by atoms with E-state index in [4.69, 9.17) is 4.63 Å². The van der Waals surface area contributed by atoms with E-state index in [0.717, 1.165) is 5.69 Å². The molecule has 0 atom stereocenters. The number of aromatic nitrogens is 2. The van der Waals surface area contributed by atoms with E-state index in [1.54, 1.807) is 30.3 Å². The molecular formula is C14H14N4O3S. The molecule has 22 heavy (non-hydrogen) atoms. The fourth-order valence-corrected chi connectivity index (χ4v) is 3.32. The van der Waals surface area contributed by atoms with E-state index in [-0.39, 0.29) is 10.4 Å². The van der Waals surface area contributed by atoms with E-state index in [0.29, 0.717) is 11.2 Å². The van der Waals surface area contributed by atoms with Gasteiger partial charge in [-0.15, -0.1) is 0 Å². The van der Waals surface area contributed by atoms with Crippen LogP contribution < -0.4 is 9.62 Å². The summed E-state index contributed by atoms with van der Waals surface area (Å²) in [5.74, 6) is 0. The van der Waals surface area contributed by atoms with Gasteiger partial charge in [0.1, 0.15) is 4.90 Å². The first-order valence-electron chi connectivity index (χ1n) is 6.49. The third-order valence-electron chi connectivity index (χ3n) is 3.15. The number of hydrogen-bond donors (Lipinski definition) is 1. The molecule has 3 rings (SSSR count). The number of para-hydroxylation sites is 1. The minimum absolute atomic E-state index is 0.0261. The van der Waals surface area contributed by atoms with Gasteiger partial charge >= 0.3 is 0 Å². The number of fused-ring (bicyclic) bond motifs is 1. The van der Waals surface area contributed by atoms with Crippen LogP contribution in [0.4, 0.5) is 11.4 Å². The summed E-state index contributed by atoms with van der Waals surface area (Å²) in [7, 11) is -0.117. The van der Waals surface area contributed by atoms with Gasteiger partial charge in [-0.25, -0.2) is 13.0 Å². The Morgan fingerprint density at radius 3 is 2.36 bits per heavy atom. The smallest absolute Gasteiger partial charge is 0.264 e. The normalized spacial score (nSPS) is 11.5. The molecule has 8 heteroatoms. The second-order valence-corrected chi connectivity index (χ2v) is 6.56. The van der Waals surface area contributed by atoms with Crippen LogP contribution in [-0.4, -0.2) is 32.8 Å². The van der Waals surface area contributed by atoms with E-state index < -0.39 is 10.0 Å². The van der Waals surface area contributed by atoms with Gasteiger partial charge in [0, 0.05) is 19.8 Å². The Kier molecular flexibility index (Phi) is 3.45. The van der Waals surface area contributed by atoms with E-state index in [9.17, 15) is 8.42 Å². The van der Waals surface area contributed by atoms with E-state index in [1.165, 1.54) is 6.07 Å². The largest absolute Gasteiger partial charge is 0.376 e. The molecule has 0 aliphatic heterocycles. The number of anilines is 2. The van der Waals surface area contributed by atoms with Crippen molar-refractivity contribution in [1.82, 2.24) is 10.3 Å². The summed E-state index contributed by atoms with van der Waals surface area (Å²) in [6.07, 6.45) is 0. The molecule has 0 radical (unpaired) electrons. The van der Waals surface area contributed by atoms with Crippen molar-refractivity contribution in [2.24, 2.45) is 0 Å². The fraction of sp³-hybridized carbons (Fsp3) is 0.143. The molecule has 0 bridgehead atoms. The highest BCUT2D eigenvalue weighted by Gasteiger charge is 2.23. The topological polar surface area (TPSA) is 88.3 Å². The number of hydrogen-bond acceptors (Lipinski definition) is 6. The summed E-state index contributed by atoms with van der Waals surface area (Å²) < 4.78 is 32.4. The average Bonchev–Trinajstić information content (AvgIpc) is 2.95. The second kappa shape index (κ2) is 5.30. The highest BCUT2D eigenvalue weighted by atomic mass is 32.2. The first kappa shape index (κ1) is 14.3. The third kappa shape index (κ3) is 2.48. The average molecular weight is 318 g/mol. The van der Waals surface area contributed by atoms with Gasteiger partial charge in [-0.05, 0) is 34.6 Å². The summed E-state index contributed by atoms with van der Waals surface area (Å²) >= 11 is 0. The molecule has 2 aromatic carbocycles. The Labute approximate surface area is 127 Å². The SMILES string of the molecule is CN(C)c1ccc(S(=O)(=O)Nc2ccccc2)c2nonc12. The Morgan fingerprint density at radius 2 is 1.68 bits per heavy atom. The lowest BCUT2D eigenvalue weighted by molar-refractivity contribution is 0.315. The Morgan fingerprint density at radius 1 is 1.00 bits per heavy atom. The van der Waals surface area contributed by atoms with Gasteiger partial charge < -0.3 is 4.90 Å². The van der Waals surface area contributed by atoms with Crippen molar-refractivity contribution in [3.8, 4) is 0 Å². The molecule has 0 aliphatic rings. The van der Waals surface area contributed by atoms with Crippen LogP contribution in [0, 0.1) is 0 Å². The molecule has 114 valence electrons. The molecule has 0 amide bonds. The molecule has 0 saturated carbocycles. The van der Waals surface area contributed by atoms with Crippen molar-refractivity contribution in [3.63, 3.8) is 0 Å². The maximum Gasteiger partial charge on any atom is 0.264 e. The van der Waals surface area contributed by atoms with Gasteiger partial charge in [0.2, 0.25) is 0 Å². The van der Waals surface area contributed by atoms with E-state index in [2.05, 4.69) is 15.0 Å². The quantitative estimate of drug-likeness (QED) is 0.792. The second-order valence-electron chi connectivity index (χ2n) is 4.91. The monoisotopic (exact) mass is 318 g/mol. The first-order chi connectivity index (χ1) is 10.5. The highest BCUT2D eigenvalue weighted by Crippen LogP contribution is 2.29. The number of sulfonamides is 1. The molecule has 3 aromatic rings. The first-order valence-corrected chi connectivity index (χ1v) is 7.98. The molecule has 0 unspecified atom stereocenters. The molecule has 0 spiro atoms. The lowest BCUT2D eigenvalue weighted by atomic mass is 10.2. The summed E-state index contributed by atoms with van der Waals surface area (Å²) in [4.78, 5) is 1.84. The van der Waals surface area contributed by atoms with E-state index in [1.807, 2.05) is 25.1 Å². The minimum Gasteiger partial charge on any atom is -0.376 e. The third-order valence-corrected chi connectivity index (χ3v) is 4.57. The van der Waals surface area contributed by atoms with Gasteiger partial charge in [-0.2, -0.15) is 0 Å². The zero-order chi connectivity index (χ0) is 15.7. The number of benzene rings is 2. The molecular weight excluding hydrogens is 304 g/mol. The van der Waals surface area contributed by atoms with Crippen LogP contribution >= 0.6 is 0 Å². The van der Waals surface area contributed by atoms with E-state index >= 15 is 0 Å². The van der Waals surface area contributed by atoms with Crippen molar-refractivity contribution in [2.75, 3.05) is 23.7 Å². The minimum atomic E-state index is -3.78. The maximum absolute atomic E-state index is 12.6. The maximum atomic E-state index is 12.6. The highest BCUT2D eigenvalue weighted by molar-refractivity contribution is 7.93. The van der Waals surface area contributed by atoms with Crippen molar-refractivity contribution >= 4 is 32.4 Å². The van der Waals surface area contributed by atoms with Crippen LogP contribution in [0.2, 0.25) is 0 Å². The summed E-state index contributed by atoms with van der Waals surface area (Å²) in [6.45, 7) is 0. The molecule has 1 aromatic heterocycles. The van der Waals surface area contributed by atoms with Crippen molar-refractivity contribution < 1.29 is 13.0 Å². The lowest BCUT2D eigenvalue weighted by Gasteiger charge is -2.13. The summed E-state index contributed by atoms with van der Waals surface area (Å²) in [6, 6.07) is 11.8. The Balaban J connectivity index is 2.10. The van der Waals surface area contributed by atoms with Crippen molar-refractivity contribution in [2.45, 2.75) is 4.90 Å². The molecule has 0 aliphatic carbocycles. The molecule has 0 fully saturated rings. The van der Waals surface area contributed by atoms with Crippen LogP contribution in [0.3, 0.4) is 0 Å². The number of nitrogens with zero attached hydrogens (tertiary/aromatic N) is 3. The van der Waals surface area contributed by atoms with Crippen molar-refractivity contribution in [3.05, 3.63) is 42.5 Å². The Bertz CT molecular complexity index is 904. The van der Waals surface area contributed by atoms with Gasteiger partial charge in [-0.1, -0.05) is 18.2 Å². The van der Waals surface area contributed by atoms with Gasteiger partial charge in [-0.3, -0.25) is 4.72 Å². The molecule has 0 saturated heterocycles. The standard InChI is InChI=1S/C14H14N4O3S/c1-18(2)11-8-9-12(14-13(11)15-21-16-14)22(19,20)17-10-6-4-3-5-7-10/h3-9,17H,1-2H3. The fourth-order valence-electron chi connectivity index (χ4n) is 2.12. The molecule has 1 heterocycles. The predicted molar refractivity (Wildman–Crippen MR) is 83.4 cm³/mol. The number of rotatable bonds is 4. The zero-order valence-electron chi connectivity index (χ0n) is 12.0. The molecule has 7 nitrogen and oxygen atoms in total. The predicted octanol–water partition coefficient (Wildman–Crippen LogP) is 2.09. The van der Waals surface area contributed by atoms with Crippen LogP contribution in [0.1, 0.15) is 0 Å². The van der Waals surface area contributed by atoms with Crippen LogP contribution in [0.5, 0.6) is 0 Å². The van der Waals surface area contributed by atoms with Gasteiger partial charge in [0.05, 0.1) is 5.69 Å². The summed E-state index contributed by atoms with van der Waals surface area (Å²) in [5.41, 5.74) is 1.81. The molecule has 1 N–H and O–H groups in total. The number of nitrogens with one attached hydrogen (secondary N) is 1. The van der Waals surface area contributed by atoms with Crippen LogP contribution in [-0.2, 0) is 10.0 Å². The van der Waals surface area contributed by atoms with Gasteiger partial charge in [0.25, 0.3) is 10.0 Å². The lowest BCUT2D eigenvalue weighted by Crippen LogP contribution is -2.15. The Hall–Kier alpha value is -2.61. The van der Waals surface area contributed by atoms with Crippen molar-refractivity contribution in [1.29, 1.82) is 0 Å². The van der Waals surface area contributed by atoms with Gasteiger partial charge in [0.15, 0.2) is 11.0 Å². The summed E-state index contributed by atoms with van der Waals surface area (Å²) in [5, 5.41) is 7.54.